The van der Waals surface area contributed by atoms with E-state index in [2.05, 4.69) is 0 Å². The van der Waals surface area contributed by atoms with E-state index in [1.807, 2.05) is 0 Å². The third kappa shape index (κ3) is 6.37. The number of rotatable bonds is 10. The molecule has 0 spiro atoms. The van der Waals surface area contributed by atoms with Gasteiger partial charge in [-0.25, -0.2) is 5.48 Å². The summed E-state index contributed by atoms with van der Waals surface area (Å²) in [6.07, 6.45) is 2.35. The first-order valence-corrected chi connectivity index (χ1v) is 7.28. The van der Waals surface area contributed by atoms with Gasteiger partial charge in [-0.3, -0.25) is 10.0 Å². The molecular weight excluding hydrogens is 302 g/mol. The zero-order valence-corrected chi connectivity index (χ0v) is 13.0. The van der Waals surface area contributed by atoms with Crippen molar-refractivity contribution in [2.24, 2.45) is 0 Å². The summed E-state index contributed by atoms with van der Waals surface area (Å²) in [5.41, 5.74) is 2.07. The largest absolute Gasteiger partial charge is 0.491 e. The second-order valence-corrected chi connectivity index (χ2v) is 4.78. The van der Waals surface area contributed by atoms with Crippen LogP contribution in [0.15, 0.2) is 36.4 Å². The van der Waals surface area contributed by atoms with Gasteiger partial charge in [0.15, 0.2) is 0 Å². The first-order valence-electron chi connectivity index (χ1n) is 7.28. The van der Waals surface area contributed by atoms with E-state index in [4.69, 9.17) is 19.8 Å². The second-order valence-electron chi connectivity index (χ2n) is 4.78. The highest BCUT2D eigenvalue weighted by molar-refractivity contribution is 5.86. The number of benzene rings is 1. The van der Waals surface area contributed by atoms with E-state index in [9.17, 15) is 9.90 Å². The molecule has 0 fully saturated rings. The van der Waals surface area contributed by atoms with Crippen molar-refractivity contribution in [3.05, 3.63) is 42.0 Å². The monoisotopic (exact) mass is 325 g/mol. The van der Waals surface area contributed by atoms with Crippen LogP contribution in [0.25, 0.3) is 0 Å². The van der Waals surface area contributed by atoms with E-state index in [0.29, 0.717) is 24.2 Å². The highest BCUT2D eigenvalue weighted by Gasteiger charge is 2.23. The molecule has 0 aromatic heterocycles. The van der Waals surface area contributed by atoms with Crippen LogP contribution in [0.4, 0.5) is 0 Å². The maximum Gasteiger partial charge on any atom is 0.267 e. The first-order chi connectivity index (χ1) is 11.1. The fourth-order valence-electron chi connectivity index (χ4n) is 2.10. The van der Waals surface area contributed by atoms with E-state index in [-0.39, 0.29) is 13.2 Å². The summed E-state index contributed by atoms with van der Waals surface area (Å²) in [5.74, 6) is -0.117. The Morgan fingerprint density at radius 2 is 2.13 bits per heavy atom. The predicted molar refractivity (Wildman–Crippen MR) is 83.1 cm³/mol. The van der Waals surface area contributed by atoms with Crippen molar-refractivity contribution in [3.63, 3.8) is 0 Å². The smallest absolute Gasteiger partial charge is 0.267 e. The number of aliphatic hydroxyl groups excluding tert-OH is 2. The third-order valence-corrected chi connectivity index (χ3v) is 3.24. The molecule has 23 heavy (non-hydrogen) atoms. The Balaban J connectivity index is 2.70. The van der Waals surface area contributed by atoms with Gasteiger partial charge in [0, 0.05) is 18.7 Å². The van der Waals surface area contributed by atoms with Crippen molar-refractivity contribution in [3.8, 4) is 5.75 Å². The van der Waals surface area contributed by atoms with Crippen molar-refractivity contribution in [1.29, 1.82) is 0 Å². The van der Waals surface area contributed by atoms with Crippen LogP contribution in [0.5, 0.6) is 5.75 Å². The molecule has 0 aliphatic carbocycles. The van der Waals surface area contributed by atoms with Crippen molar-refractivity contribution in [2.75, 3.05) is 20.3 Å². The minimum absolute atomic E-state index is 0.115. The topological polar surface area (TPSA) is 108 Å². The zero-order valence-electron chi connectivity index (χ0n) is 13.0. The number of allylic oxidation sites excluding steroid dienone is 1. The molecule has 0 aliphatic rings. The number of amides is 1. The molecule has 2 atom stereocenters. The summed E-state index contributed by atoms with van der Waals surface area (Å²) >= 11 is 0. The second kappa shape index (κ2) is 10.7. The maximum atomic E-state index is 10.9. The Morgan fingerprint density at radius 3 is 2.78 bits per heavy atom. The third-order valence-electron chi connectivity index (χ3n) is 3.24. The van der Waals surface area contributed by atoms with E-state index in [1.165, 1.54) is 18.7 Å². The molecule has 1 aromatic carbocycles. The zero-order chi connectivity index (χ0) is 17.1. The Hall–Kier alpha value is -1.93. The van der Waals surface area contributed by atoms with Gasteiger partial charge in [0.25, 0.3) is 5.91 Å². The molecule has 1 amide bonds. The van der Waals surface area contributed by atoms with Crippen molar-refractivity contribution in [1.82, 2.24) is 5.48 Å². The highest BCUT2D eigenvalue weighted by Crippen LogP contribution is 2.30. The average molecular weight is 325 g/mol. The van der Waals surface area contributed by atoms with Crippen LogP contribution in [0.2, 0.25) is 0 Å². The lowest BCUT2D eigenvalue weighted by molar-refractivity contribution is -0.124. The summed E-state index contributed by atoms with van der Waals surface area (Å²) in [7, 11) is 1.50. The minimum Gasteiger partial charge on any atom is -0.491 e. The lowest BCUT2D eigenvalue weighted by Gasteiger charge is -2.23. The summed E-state index contributed by atoms with van der Waals surface area (Å²) in [5, 5.41) is 27.7. The number of para-hydroxylation sites is 1. The fourth-order valence-corrected chi connectivity index (χ4v) is 2.10. The first kappa shape index (κ1) is 19.1. The Bertz CT molecular complexity index is 505. The number of ether oxygens (including phenoxy) is 2. The van der Waals surface area contributed by atoms with Crippen LogP contribution >= 0.6 is 0 Å². The Morgan fingerprint density at radius 1 is 1.39 bits per heavy atom. The number of aliphatic hydroxyl groups is 2. The van der Waals surface area contributed by atoms with E-state index in [1.54, 1.807) is 30.3 Å². The van der Waals surface area contributed by atoms with E-state index in [0.717, 1.165) is 0 Å². The summed E-state index contributed by atoms with van der Waals surface area (Å²) < 4.78 is 10.7. The number of nitrogens with one attached hydrogen (secondary N) is 1. The number of hydroxylamine groups is 1. The predicted octanol–water partition coefficient (Wildman–Crippen LogP) is 0.948. The van der Waals surface area contributed by atoms with Crippen molar-refractivity contribution >= 4 is 5.91 Å². The minimum atomic E-state index is -0.907. The number of carbonyl (C=O) groups is 1. The SMILES string of the molecule is CO[C@H](CC/C=C/C(=O)NO)[C@H](O)c1ccccc1OCCO. The van der Waals surface area contributed by atoms with Crippen LogP contribution in [-0.2, 0) is 9.53 Å². The van der Waals surface area contributed by atoms with Crippen LogP contribution in [-0.4, -0.2) is 47.8 Å². The lowest BCUT2D eigenvalue weighted by Crippen LogP contribution is -2.21. The number of hydrogen-bond donors (Lipinski definition) is 4. The van der Waals surface area contributed by atoms with Crippen LogP contribution in [0.3, 0.4) is 0 Å². The molecule has 0 bridgehead atoms. The van der Waals surface area contributed by atoms with Gasteiger partial charge in [-0.1, -0.05) is 24.3 Å². The molecular formula is C16H23NO6. The van der Waals surface area contributed by atoms with Gasteiger partial charge in [0.1, 0.15) is 18.5 Å². The molecule has 0 unspecified atom stereocenters. The van der Waals surface area contributed by atoms with Crippen LogP contribution < -0.4 is 10.2 Å². The molecule has 128 valence electrons. The Kier molecular flexibility index (Phi) is 8.93. The van der Waals surface area contributed by atoms with Gasteiger partial charge in [0.2, 0.25) is 0 Å². The van der Waals surface area contributed by atoms with Gasteiger partial charge < -0.3 is 19.7 Å². The van der Waals surface area contributed by atoms with E-state index >= 15 is 0 Å². The van der Waals surface area contributed by atoms with Crippen LogP contribution in [0.1, 0.15) is 24.5 Å². The van der Waals surface area contributed by atoms with E-state index < -0.39 is 18.1 Å². The standard InChI is InChI=1S/C16H23NO6/c1-22-14(8-4-5-9-15(19)17-21)16(20)12-6-2-3-7-13(12)23-11-10-18/h2-3,5-7,9,14,16,18,20-21H,4,8,10-11H2,1H3,(H,17,19)/b9-5+/t14-,16-/m1/s1. The molecule has 4 N–H and O–H groups in total. The highest BCUT2D eigenvalue weighted by atomic mass is 16.5. The summed E-state index contributed by atoms with van der Waals surface area (Å²) in [6.45, 7) is 0.0241. The molecule has 1 aromatic rings. The number of hydrogen-bond acceptors (Lipinski definition) is 6. The quantitative estimate of drug-likeness (QED) is 0.290. The van der Waals surface area contributed by atoms with Gasteiger partial charge >= 0.3 is 0 Å². The molecule has 7 nitrogen and oxygen atoms in total. The molecule has 0 saturated heterocycles. The van der Waals surface area contributed by atoms with Gasteiger partial charge in [-0.15, -0.1) is 0 Å². The van der Waals surface area contributed by atoms with Gasteiger partial charge in [0.05, 0.1) is 12.7 Å². The molecule has 0 radical (unpaired) electrons. The summed E-state index contributed by atoms with van der Waals surface area (Å²) in [6, 6.07) is 7.01. The molecule has 1 rings (SSSR count). The molecule has 0 heterocycles. The maximum absolute atomic E-state index is 10.9. The number of methoxy groups -OCH3 is 1. The number of carbonyl (C=O) groups excluding carboxylic acids is 1. The van der Waals surface area contributed by atoms with Gasteiger partial charge in [-0.05, 0) is 18.9 Å². The molecule has 7 heteroatoms. The Labute approximate surface area is 135 Å². The van der Waals surface area contributed by atoms with Crippen molar-refractivity contribution in [2.45, 2.75) is 25.0 Å². The lowest BCUT2D eigenvalue weighted by atomic mass is 9.99. The normalized spacial score (nSPS) is 13.7. The molecule has 0 saturated carbocycles. The fraction of sp³-hybridized carbons (Fsp3) is 0.438. The average Bonchev–Trinajstić information content (AvgIpc) is 2.59. The van der Waals surface area contributed by atoms with Crippen LogP contribution in [0, 0.1) is 0 Å². The molecule has 0 aliphatic heterocycles. The van der Waals surface area contributed by atoms with Gasteiger partial charge in [-0.2, -0.15) is 0 Å². The van der Waals surface area contributed by atoms with Crippen molar-refractivity contribution < 1.29 is 29.7 Å². The summed E-state index contributed by atoms with van der Waals surface area (Å²) in [4.78, 5) is 10.9.